The van der Waals surface area contributed by atoms with E-state index in [1.165, 1.54) is 23.1 Å². The molecule has 5 nitrogen and oxygen atoms in total. The van der Waals surface area contributed by atoms with E-state index in [4.69, 9.17) is 0 Å². The highest BCUT2D eigenvalue weighted by Gasteiger charge is 2.45. The predicted molar refractivity (Wildman–Crippen MR) is 110 cm³/mol. The van der Waals surface area contributed by atoms with Gasteiger partial charge in [-0.1, -0.05) is 30.3 Å². The Morgan fingerprint density at radius 3 is 2.45 bits per heavy atom. The smallest absolute Gasteiger partial charge is 0.295 e. The highest BCUT2D eigenvalue weighted by molar-refractivity contribution is 6.46. The van der Waals surface area contributed by atoms with Gasteiger partial charge in [0.25, 0.3) is 11.7 Å². The van der Waals surface area contributed by atoms with Gasteiger partial charge >= 0.3 is 0 Å². The third-order valence-electron chi connectivity index (χ3n) is 5.09. The van der Waals surface area contributed by atoms with Crippen LogP contribution in [0.2, 0.25) is 0 Å². The average molecular weight is 396 g/mol. The first kappa shape index (κ1) is 20.7. The molecule has 1 aliphatic heterocycles. The number of aliphatic hydroxyl groups excluding tert-OH is 1. The van der Waals surface area contributed by atoms with Crippen molar-refractivity contribution in [2.24, 2.45) is 0 Å². The minimum atomic E-state index is -0.719. The van der Waals surface area contributed by atoms with Crippen LogP contribution < -0.4 is 0 Å². The summed E-state index contributed by atoms with van der Waals surface area (Å²) < 4.78 is 13.7. The molecule has 1 saturated heterocycles. The van der Waals surface area contributed by atoms with Gasteiger partial charge in [-0.3, -0.25) is 9.59 Å². The standard InChI is InChI=1S/C23H25FN2O3/c1-15-14-17(10-11-18(15)24)21(27)19-20(16-8-5-4-6-9-16)26(23(29)22(19)28)13-7-12-25(2)3/h4-6,8-11,14,20,27H,7,12-13H2,1-3H3/b21-19-. The highest BCUT2D eigenvalue weighted by atomic mass is 19.1. The van der Waals surface area contributed by atoms with Gasteiger partial charge in [0.15, 0.2) is 0 Å². The molecular weight excluding hydrogens is 371 g/mol. The number of carbonyl (C=O) groups is 2. The highest BCUT2D eigenvalue weighted by Crippen LogP contribution is 2.39. The molecule has 0 aromatic heterocycles. The minimum absolute atomic E-state index is 0.0389. The molecule has 0 bridgehead atoms. The summed E-state index contributed by atoms with van der Waals surface area (Å²) in [5.74, 6) is -2.03. The van der Waals surface area contributed by atoms with Gasteiger partial charge in [0, 0.05) is 12.1 Å². The molecule has 152 valence electrons. The summed E-state index contributed by atoms with van der Waals surface area (Å²) in [4.78, 5) is 29.2. The largest absolute Gasteiger partial charge is 0.507 e. The van der Waals surface area contributed by atoms with Crippen LogP contribution in [0, 0.1) is 12.7 Å². The molecule has 2 aromatic rings. The maximum atomic E-state index is 13.7. The molecule has 2 aromatic carbocycles. The van der Waals surface area contributed by atoms with Crippen molar-refractivity contribution in [3.8, 4) is 0 Å². The Morgan fingerprint density at radius 1 is 1.14 bits per heavy atom. The number of rotatable bonds is 6. The molecule has 3 rings (SSSR count). The lowest BCUT2D eigenvalue weighted by Crippen LogP contribution is -2.32. The van der Waals surface area contributed by atoms with Gasteiger partial charge in [0.05, 0.1) is 11.6 Å². The number of aliphatic hydroxyl groups is 1. The Balaban J connectivity index is 2.09. The summed E-state index contributed by atoms with van der Waals surface area (Å²) in [6.45, 7) is 2.74. The molecule has 6 heteroatoms. The van der Waals surface area contributed by atoms with E-state index in [0.29, 0.717) is 24.1 Å². The number of halogens is 1. The SMILES string of the molecule is Cc1cc(/C(O)=C2/C(=O)C(=O)N(CCCN(C)C)C2c2ccccc2)ccc1F. The van der Waals surface area contributed by atoms with Crippen LogP contribution in [0.1, 0.15) is 29.2 Å². The Labute approximate surface area is 170 Å². The Morgan fingerprint density at radius 2 is 1.83 bits per heavy atom. The zero-order chi connectivity index (χ0) is 21.1. The van der Waals surface area contributed by atoms with Gasteiger partial charge in [-0.25, -0.2) is 4.39 Å². The third kappa shape index (κ3) is 4.22. The van der Waals surface area contributed by atoms with Crippen LogP contribution in [-0.4, -0.2) is 53.8 Å². The van der Waals surface area contributed by atoms with Crippen molar-refractivity contribution in [1.82, 2.24) is 9.80 Å². The molecule has 1 aliphatic rings. The molecule has 0 spiro atoms. The molecule has 1 N–H and O–H groups in total. The second-order valence-corrected chi connectivity index (χ2v) is 7.52. The summed E-state index contributed by atoms with van der Waals surface area (Å²) in [7, 11) is 3.89. The van der Waals surface area contributed by atoms with Gasteiger partial charge < -0.3 is 14.9 Å². The Hall–Kier alpha value is -2.99. The first-order chi connectivity index (χ1) is 13.8. The fourth-order valence-corrected chi connectivity index (χ4v) is 3.60. The normalized spacial score (nSPS) is 18.7. The number of amides is 1. The number of Topliss-reactive ketones (excluding diaryl/α,β-unsaturated/α-hetero) is 1. The molecule has 1 heterocycles. The molecule has 29 heavy (non-hydrogen) atoms. The number of likely N-dealkylation sites (tertiary alicyclic amines) is 1. The fraction of sp³-hybridized carbons (Fsp3) is 0.304. The van der Waals surface area contributed by atoms with Crippen LogP contribution in [0.5, 0.6) is 0 Å². The van der Waals surface area contributed by atoms with Gasteiger partial charge in [0.2, 0.25) is 0 Å². The molecule has 1 unspecified atom stereocenters. The summed E-state index contributed by atoms with van der Waals surface area (Å²) in [5.41, 5.74) is 1.45. The third-order valence-corrected chi connectivity index (χ3v) is 5.09. The molecule has 0 aliphatic carbocycles. The zero-order valence-corrected chi connectivity index (χ0v) is 16.9. The van der Waals surface area contributed by atoms with Crippen molar-refractivity contribution in [3.05, 3.63) is 76.6 Å². The van der Waals surface area contributed by atoms with Crippen molar-refractivity contribution in [2.75, 3.05) is 27.2 Å². The zero-order valence-electron chi connectivity index (χ0n) is 16.9. The van der Waals surface area contributed by atoms with Crippen LogP contribution >= 0.6 is 0 Å². The number of ketones is 1. The Bertz CT molecular complexity index is 954. The van der Waals surface area contributed by atoms with E-state index in [1.54, 1.807) is 6.92 Å². The van der Waals surface area contributed by atoms with E-state index in [0.717, 1.165) is 12.1 Å². The van der Waals surface area contributed by atoms with E-state index >= 15 is 0 Å². The van der Waals surface area contributed by atoms with E-state index in [1.807, 2.05) is 49.3 Å². The first-order valence-electron chi connectivity index (χ1n) is 9.56. The molecule has 0 radical (unpaired) electrons. The molecule has 0 saturated carbocycles. The van der Waals surface area contributed by atoms with Crippen molar-refractivity contribution in [1.29, 1.82) is 0 Å². The van der Waals surface area contributed by atoms with Crippen molar-refractivity contribution < 1.29 is 19.1 Å². The number of carbonyl (C=O) groups excluding carboxylic acids is 2. The van der Waals surface area contributed by atoms with E-state index in [2.05, 4.69) is 0 Å². The first-order valence-corrected chi connectivity index (χ1v) is 9.56. The van der Waals surface area contributed by atoms with Crippen molar-refractivity contribution >= 4 is 17.4 Å². The number of hydrogen-bond donors (Lipinski definition) is 1. The van der Waals surface area contributed by atoms with Crippen LogP contribution in [0.25, 0.3) is 5.76 Å². The average Bonchev–Trinajstić information content (AvgIpc) is 2.95. The quantitative estimate of drug-likeness (QED) is 0.461. The number of nitrogens with zero attached hydrogens (tertiary/aromatic N) is 2. The topological polar surface area (TPSA) is 60.9 Å². The number of benzene rings is 2. The summed E-state index contributed by atoms with van der Waals surface area (Å²) in [6.07, 6.45) is 0.694. The molecular formula is C23H25FN2O3. The predicted octanol–water partition coefficient (Wildman–Crippen LogP) is 3.51. The van der Waals surface area contributed by atoms with Crippen LogP contribution in [0.4, 0.5) is 4.39 Å². The number of aryl methyl sites for hydroxylation is 1. The fourth-order valence-electron chi connectivity index (χ4n) is 3.60. The van der Waals surface area contributed by atoms with Crippen LogP contribution in [-0.2, 0) is 9.59 Å². The molecule has 1 amide bonds. The summed E-state index contributed by atoms with van der Waals surface area (Å²) >= 11 is 0. The van der Waals surface area contributed by atoms with Gasteiger partial charge in [-0.05, 0) is 63.3 Å². The Kier molecular flexibility index (Phi) is 6.13. The lowest BCUT2D eigenvalue weighted by Gasteiger charge is -2.26. The summed E-state index contributed by atoms with van der Waals surface area (Å²) in [5, 5.41) is 10.9. The van der Waals surface area contributed by atoms with Crippen molar-refractivity contribution in [3.63, 3.8) is 0 Å². The van der Waals surface area contributed by atoms with E-state index in [-0.39, 0.29) is 11.3 Å². The lowest BCUT2D eigenvalue weighted by molar-refractivity contribution is -0.139. The van der Waals surface area contributed by atoms with Gasteiger partial charge in [0.1, 0.15) is 11.6 Å². The lowest BCUT2D eigenvalue weighted by atomic mass is 9.95. The van der Waals surface area contributed by atoms with Crippen molar-refractivity contribution in [2.45, 2.75) is 19.4 Å². The second kappa shape index (κ2) is 8.57. The molecule has 1 atom stereocenters. The minimum Gasteiger partial charge on any atom is -0.507 e. The van der Waals surface area contributed by atoms with E-state index in [9.17, 15) is 19.1 Å². The monoisotopic (exact) mass is 396 g/mol. The maximum Gasteiger partial charge on any atom is 0.295 e. The van der Waals surface area contributed by atoms with E-state index < -0.39 is 23.5 Å². The second-order valence-electron chi connectivity index (χ2n) is 7.52. The van der Waals surface area contributed by atoms with Gasteiger partial charge in [-0.15, -0.1) is 0 Å². The number of hydrogen-bond acceptors (Lipinski definition) is 4. The maximum absolute atomic E-state index is 13.7. The molecule has 1 fully saturated rings. The summed E-state index contributed by atoms with van der Waals surface area (Å²) in [6, 6.07) is 12.6. The van der Waals surface area contributed by atoms with Gasteiger partial charge in [-0.2, -0.15) is 0 Å². The van der Waals surface area contributed by atoms with Crippen LogP contribution in [0.15, 0.2) is 54.1 Å². The van der Waals surface area contributed by atoms with Crippen LogP contribution in [0.3, 0.4) is 0 Å².